The normalized spacial score (nSPS) is 10.9. The molecule has 1 heterocycles. The monoisotopic (exact) mass is 306 g/mol. The van der Waals surface area contributed by atoms with Gasteiger partial charge in [0.2, 0.25) is 0 Å². The fraction of sp³-hybridized carbons (Fsp3) is 0.133. The van der Waals surface area contributed by atoms with Crippen LogP contribution in [0, 0.1) is 4.51 Å². The van der Waals surface area contributed by atoms with Crippen LogP contribution in [-0.2, 0) is 0 Å². The van der Waals surface area contributed by atoms with Gasteiger partial charge in [-0.05, 0) is 18.2 Å². The minimum Gasteiger partial charge on any atom is -0.497 e. The van der Waals surface area contributed by atoms with Crippen molar-refractivity contribution in [2.75, 3.05) is 14.2 Å². The summed E-state index contributed by atoms with van der Waals surface area (Å²) in [5.41, 5.74) is 1.31. The summed E-state index contributed by atoms with van der Waals surface area (Å²) >= 11 is 11.7. The largest absolute Gasteiger partial charge is 0.497 e. The van der Waals surface area contributed by atoms with Crippen LogP contribution in [0.5, 0.6) is 11.5 Å². The van der Waals surface area contributed by atoms with E-state index in [2.05, 4.69) is 0 Å². The molecule has 0 bridgehead atoms. The van der Waals surface area contributed by atoms with E-state index in [9.17, 15) is 0 Å². The van der Waals surface area contributed by atoms with Crippen molar-refractivity contribution < 1.29 is 13.9 Å². The molecule has 0 atom stereocenters. The molecule has 0 spiro atoms. The van der Waals surface area contributed by atoms with Gasteiger partial charge in [-0.1, -0.05) is 23.8 Å². The van der Waals surface area contributed by atoms with Gasteiger partial charge in [0.25, 0.3) is 0 Å². The van der Waals surface area contributed by atoms with Gasteiger partial charge in [-0.3, -0.25) is 0 Å². The SMILES string of the molecule is COc1ccc2c(=S)c3cc(Cl)c(OC)cc3oc2c1. The van der Waals surface area contributed by atoms with Gasteiger partial charge in [0.05, 0.1) is 23.8 Å². The zero-order valence-corrected chi connectivity index (χ0v) is 12.5. The predicted octanol–water partition coefficient (Wildman–Crippen LogP) is 4.99. The molecule has 0 amide bonds. The summed E-state index contributed by atoms with van der Waals surface area (Å²) in [5.74, 6) is 1.27. The molecule has 0 aliphatic carbocycles. The quantitative estimate of drug-likeness (QED) is 0.493. The van der Waals surface area contributed by atoms with Crippen LogP contribution in [0.3, 0.4) is 0 Å². The third-order valence-corrected chi connectivity index (χ3v) is 3.89. The van der Waals surface area contributed by atoms with E-state index in [1.807, 2.05) is 18.2 Å². The standard InChI is InChI=1S/C15H11ClO3S/c1-17-8-3-4-9-12(5-8)19-13-7-14(18-2)11(16)6-10(13)15(9)20/h3-7H,1-2H3. The number of hydrogen-bond donors (Lipinski definition) is 0. The molecule has 3 aromatic rings. The van der Waals surface area contributed by atoms with Gasteiger partial charge >= 0.3 is 0 Å². The molecule has 0 radical (unpaired) electrons. The minimum absolute atomic E-state index is 0.508. The Labute approximate surface area is 125 Å². The highest BCUT2D eigenvalue weighted by Gasteiger charge is 2.10. The first kappa shape index (κ1) is 13.2. The lowest BCUT2D eigenvalue weighted by atomic mass is 10.1. The Morgan fingerprint density at radius 1 is 1.00 bits per heavy atom. The van der Waals surface area contributed by atoms with E-state index in [0.717, 1.165) is 16.5 Å². The van der Waals surface area contributed by atoms with Crippen LogP contribution in [-0.4, -0.2) is 14.2 Å². The molecule has 0 aliphatic rings. The van der Waals surface area contributed by atoms with Gasteiger partial charge in [-0.2, -0.15) is 0 Å². The van der Waals surface area contributed by atoms with Crippen molar-refractivity contribution in [3.63, 3.8) is 0 Å². The number of rotatable bonds is 2. The topological polar surface area (TPSA) is 31.6 Å². The summed E-state index contributed by atoms with van der Waals surface area (Å²) in [5, 5.41) is 2.16. The van der Waals surface area contributed by atoms with E-state index in [4.69, 9.17) is 37.7 Å². The van der Waals surface area contributed by atoms with E-state index in [1.54, 1.807) is 26.4 Å². The number of benzene rings is 2. The number of halogens is 1. The lowest BCUT2D eigenvalue weighted by Gasteiger charge is -2.08. The highest BCUT2D eigenvalue weighted by Crippen LogP contribution is 2.34. The second-order valence-corrected chi connectivity index (χ2v) is 5.09. The Hall–Kier alpha value is -1.78. The van der Waals surface area contributed by atoms with Crippen LogP contribution >= 0.6 is 23.8 Å². The average Bonchev–Trinajstić information content (AvgIpc) is 2.47. The van der Waals surface area contributed by atoms with Crippen LogP contribution in [0.25, 0.3) is 21.9 Å². The molecular formula is C15H11ClO3S. The van der Waals surface area contributed by atoms with E-state index in [0.29, 0.717) is 26.4 Å². The van der Waals surface area contributed by atoms with Crippen LogP contribution in [0.2, 0.25) is 5.02 Å². The van der Waals surface area contributed by atoms with E-state index in [1.165, 1.54) is 0 Å². The van der Waals surface area contributed by atoms with Crippen molar-refractivity contribution in [2.45, 2.75) is 0 Å². The molecule has 5 heteroatoms. The van der Waals surface area contributed by atoms with Crippen LogP contribution in [0.4, 0.5) is 0 Å². The molecule has 1 aromatic heterocycles. The van der Waals surface area contributed by atoms with Crippen molar-refractivity contribution in [1.82, 2.24) is 0 Å². The molecule has 0 saturated carbocycles. The zero-order valence-electron chi connectivity index (χ0n) is 10.9. The Morgan fingerprint density at radius 2 is 1.75 bits per heavy atom. The number of ether oxygens (including phenoxy) is 2. The smallest absolute Gasteiger partial charge is 0.141 e. The number of methoxy groups -OCH3 is 2. The lowest BCUT2D eigenvalue weighted by molar-refractivity contribution is 0.414. The Kier molecular flexibility index (Phi) is 3.28. The Bertz CT molecular complexity index is 870. The van der Waals surface area contributed by atoms with Gasteiger partial charge in [0.1, 0.15) is 22.7 Å². The Morgan fingerprint density at radius 3 is 2.45 bits per heavy atom. The van der Waals surface area contributed by atoms with Gasteiger partial charge in [0.15, 0.2) is 0 Å². The van der Waals surface area contributed by atoms with Crippen molar-refractivity contribution >= 4 is 45.8 Å². The molecule has 3 rings (SSSR count). The molecule has 0 aliphatic heterocycles. The molecule has 102 valence electrons. The third kappa shape index (κ3) is 2.01. The highest BCUT2D eigenvalue weighted by atomic mass is 35.5. The van der Waals surface area contributed by atoms with E-state index < -0.39 is 0 Å². The first-order valence-corrected chi connectivity index (χ1v) is 6.71. The van der Waals surface area contributed by atoms with Gasteiger partial charge in [0, 0.05) is 22.9 Å². The van der Waals surface area contributed by atoms with Crippen LogP contribution < -0.4 is 9.47 Å². The maximum atomic E-state index is 6.14. The molecular weight excluding hydrogens is 296 g/mol. The molecule has 0 N–H and O–H groups in total. The summed E-state index contributed by atoms with van der Waals surface area (Å²) in [6, 6.07) is 9.06. The summed E-state index contributed by atoms with van der Waals surface area (Å²) < 4.78 is 17.0. The highest BCUT2D eigenvalue weighted by molar-refractivity contribution is 7.72. The van der Waals surface area contributed by atoms with E-state index >= 15 is 0 Å². The van der Waals surface area contributed by atoms with Gasteiger partial charge in [-0.25, -0.2) is 0 Å². The van der Waals surface area contributed by atoms with Crippen LogP contribution in [0.15, 0.2) is 34.7 Å². The maximum absolute atomic E-state index is 6.14. The van der Waals surface area contributed by atoms with Gasteiger partial charge < -0.3 is 13.9 Å². The summed E-state index contributed by atoms with van der Waals surface area (Å²) in [6.07, 6.45) is 0. The number of hydrogen-bond acceptors (Lipinski definition) is 4. The first-order valence-electron chi connectivity index (χ1n) is 5.92. The van der Waals surface area contributed by atoms with Crippen LogP contribution in [0.1, 0.15) is 0 Å². The lowest BCUT2D eigenvalue weighted by Crippen LogP contribution is -1.87. The first-order chi connectivity index (χ1) is 9.63. The molecule has 0 unspecified atom stereocenters. The predicted molar refractivity (Wildman–Crippen MR) is 82.7 cm³/mol. The average molecular weight is 307 g/mol. The zero-order chi connectivity index (χ0) is 14.3. The third-order valence-electron chi connectivity index (χ3n) is 3.15. The molecule has 20 heavy (non-hydrogen) atoms. The van der Waals surface area contributed by atoms with Crippen molar-refractivity contribution in [3.05, 3.63) is 39.9 Å². The minimum atomic E-state index is 0.508. The van der Waals surface area contributed by atoms with Gasteiger partial charge in [-0.15, -0.1) is 0 Å². The second kappa shape index (κ2) is 4.96. The maximum Gasteiger partial charge on any atom is 0.141 e. The second-order valence-electron chi connectivity index (χ2n) is 4.28. The summed E-state index contributed by atoms with van der Waals surface area (Å²) in [4.78, 5) is 0. The fourth-order valence-corrected chi connectivity index (χ4v) is 2.69. The van der Waals surface area contributed by atoms with E-state index in [-0.39, 0.29) is 0 Å². The molecule has 0 saturated heterocycles. The van der Waals surface area contributed by atoms with Crippen molar-refractivity contribution in [2.24, 2.45) is 0 Å². The molecule has 0 fully saturated rings. The Balaban J connectivity index is 2.44. The van der Waals surface area contributed by atoms with Crippen molar-refractivity contribution in [3.8, 4) is 11.5 Å². The number of fused-ring (bicyclic) bond motifs is 2. The summed E-state index contributed by atoms with van der Waals surface area (Å²) in [7, 11) is 3.17. The molecule has 2 aromatic carbocycles. The molecule has 3 nitrogen and oxygen atoms in total. The summed E-state index contributed by atoms with van der Waals surface area (Å²) in [6.45, 7) is 0. The van der Waals surface area contributed by atoms with Crippen molar-refractivity contribution in [1.29, 1.82) is 0 Å². The fourth-order valence-electron chi connectivity index (χ4n) is 2.12.